The van der Waals surface area contributed by atoms with Gasteiger partial charge in [0.15, 0.2) is 0 Å². The molecule has 0 heterocycles. The number of hydrogen-bond acceptors (Lipinski definition) is 18. The molecule has 0 fully saturated rings. The number of rotatable bonds is 29. The van der Waals surface area contributed by atoms with Gasteiger partial charge >= 0.3 is 35.8 Å². The second-order valence-corrected chi connectivity index (χ2v) is 20.8. The van der Waals surface area contributed by atoms with Crippen LogP contribution < -0.4 is 0 Å². The third kappa shape index (κ3) is 26.0. The summed E-state index contributed by atoms with van der Waals surface area (Å²) in [6.45, 7) is 13.8. The van der Waals surface area contributed by atoms with E-state index < -0.39 is 46.6 Å². The van der Waals surface area contributed by atoms with E-state index in [1.807, 2.05) is 27.7 Å². The van der Waals surface area contributed by atoms with Crippen molar-refractivity contribution in [2.45, 2.75) is 138 Å². The highest BCUT2D eigenvalue weighted by Gasteiger charge is 2.36. The Hall–Kier alpha value is -1.08. The molecule has 0 rings (SSSR count). The van der Waals surface area contributed by atoms with Crippen LogP contribution in [0.5, 0.6) is 0 Å². The van der Waals surface area contributed by atoms with Crippen molar-refractivity contribution in [1.82, 2.24) is 0 Å². The van der Waals surface area contributed by atoms with Crippen LogP contribution in [0.15, 0.2) is 0 Å². The summed E-state index contributed by atoms with van der Waals surface area (Å²) in [6, 6.07) is 0. The standard InChI is InChI=1S/C36H62O12S6/c1-9-35(17-43-29(37)11-23(3)49,18-44-30(38)12-24(4)50)21-47-33(41)15-27(7)53-54-28(8)16-34(42)48-22-36(10-2,19-45-31(39)13-25(5)51)20-46-32(40)14-26(6)52/h23-28,49-52H,9-22H2,1-8H3. The Morgan fingerprint density at radius 1 is 0.407 bits per heavy atom. The highest BCUT2D eigenvalue weighted by molar-refractivity contribution is 8.77. The molecule has 0 aromatic heterocycles. The number of carbonyl (C=O) groups is 6. The number of thiol groups is 4. The maximum absolute atomic E-state index is 12.9. The van der Waals surface area contributed by atoms with Gasteiger partial charge in [-0.3, -0.25) is 28.8 Å². The molecule has 0 aliphatic heterocycles. The van der Waals surface area contributed by atoms with Crippen LogP contribution in [0.4, 0.5) is 0 Å². The quantitative estimate of drug-likeness (QED) is 0.0269. The van der Waals surface area contributed by atoms with Gasteiger partial charge < -0.3 is 28.4 Å². The minimum Gasteiger partial charge on any atom is -0.465 e. The van der Waals surface area contributed by atoms with Gasteiger partial charge in [-0.25, -0.2) is 0 Å². The molecule has 0 saturated heterocycles. The van der Waals surface area contributed by atoms with Crippen molar-refractivity contribution < 1.29 is 57.2 Å². The van der Waals surface area contributed by atoms with Crippen molar-refractivity contribution in [1.29, 1.82) is 0 Å². The van der Waals surface area contributed by atoms with E-state index in [-0.39, 0.29) is 110 Å². The third-order valence-electron chi connectivity index (χ3n) is 7.88. The SMILES string of the molecule is CCC(COC(=O)CC(C)S)(COC(=O)CC(C)S)COC(=O)CC(C)SSC(C)CC(=O)OCC(CC)(COC(=O)CC(C)S)COC(=O)CC(C)S. The van der Waals surface area contributed by atoms with Crippen LogP contribution in [0.2, 0.25) is 0 Å². The Morgan fingerprint density at radius 2 is 0.593 bits per heavy atom. The molecular weight excluding hydrogens is 817 g/mol. The van der Waals surface area contributed by atoms with Crippen molar-refractivity contribution in [2.24, 2.45) is 10.8 Å². The number of esters is 6. The zero-order valence-electron chi connectivity index (χ0n) is 32.9. The van der Waals surface area contributed by atoms with E-state index in [0.29, 0.717) is 12.8 Å². The summed E-state index contributed by atoms with van der Waals surface area (Å²) >= 11 is 16.9. The Morgan fingerprint density at radius 3 is 0.759 bits per heavy atom. The third-order valence-corrected chi connectivity index (χ3v) is 12.0. The molecule has 314 valence electrons. The van der Waals surface area contributed by atoms with Crippen LogP contribution in [-0.2, 0) is 57.2 Å². The summed E-state index contributed by atoms with van der Waals surface area (Å²) in [5, 5.41) is -1.15. The lowest BCUT2D eigenvalue weighted by Gasteiger charge is -2.31. The first-order chi connectivity index (χ1) is 25.1. The predicted octanol–water partition coefficient (Wildman–Crippen LogP) is 6.81. The Labute approximate surface area is 351 Å². The van der Waals surface area contributed by atoms with Gasteiger partial charge in [-0.05, 0) is 12.8 Å². The van der Waals surface area contributed by atoms with Gasteiger partial charge in [0.25, 0.3) is 0 Å². The maximum atomic E-state index is 12.9. The van der Waals surface area contributed by atoms with E-state index >= 15 is 0 Å². The van der Waals surface area contributed by atoms with E-state index in [4.69, 9.17) is 28.4 Å². The Kier molecular flexibility index (Phi) is 27.8. The lowest BCUT2D eigenvalue weighted by atomic mass is 9.88. The predicted molar refractivity (Wildman–Crippen MR) is 227 cm³/mol. The first-order valence-corrected chi connectivity index (χ1v) is 22.5. The van der Waals surface area contributed by atoms with Crippen molar-refractivity contribution in [3.05, 3.63) is 0 Å². The fourth-order valence-corrected chi connectivity index (χ4v) is 7.24. The smallest absolute Gasteiger partial charge is 0.306 e. The first-order valence-electron chi connectivity index (χ1n) is 18.1. The van der Waals surface area contributed by atoms with Crippen molar-refractivity contribution in [3.63, 3.8) is 0 Å². The van der Waals surface area contributed by atoms with Gasteiger partial charge in [-0.15, -0.1) is 0 Å². The summed E-state index contributed by atoms with van der Waals surface area (Å²) in [7, 11) is 2.84. The summed E-state index contributed by atoms with van der Waals surface area (Å²) in [5.74, 6) is -2.78. The molecule has 6 unspecified atom stereocenters. The van der Waals surface area contributed by atoms with Crippen molar-refractivity contribution in [2.75, 3.05) is 39.6 Å². The van der Waals surface area contributed by atoms with Gasteiger partial charge in [-0.1, -0.05) is 77.0 Å². The molecule has 0 radical (unpaired) electrons. The molecule has 0 saturated carbocycles. The minimum absolute atomic E-state index is 0.0665. The average molecular weight is 879 g/mol. The second kappa shape index (κ2) is 28.3. The average Bonchev–Trinajstić information content (AvgIpc) is 3.06. The normalized spacial score (nSPS) is 16.9. The molecule has 0 aliphatic carbocycles. The van der Waals surface area contributed by atoms with Crippen LogP contribution in [-0.4, -0.2) is 107 Å². The first kappa shape index (κ1) is 52.9. The lowest BCUT2D eigenvalue weighted by molar-refractivity contribution is -0.164. The van der Waals surface area contributed by atoms with Gasteiger partial charge in [0.2, 0.25) is 0 Å². The van der Waals surface area contributed by atoms with Crippen molar-refractivity contribution >= 4 is 108 Å². The fraction of sp³-hybridized carbons (Fsp3) is 0.833. The largest absolute Gasteiger partial charge is 0.465 e. The molecule has 0 spiro atoms. The molecule has 0 amide bonds. The lowest BCUT2D eigenvalue weighted by Crippen LogP contribution is -2.39. The van der Waals surface area contributed by atoms with Gasteiger partial charge in [0.05, 0.1) is 49.4 Å². The number of ether oxygens (including phenoxy) is 6. The van der Waals surface area contributed by atoms with Crippen LogP contribution in [0.25, 0.3) is 0 Å². The van der Waals surface area contributed by atoms with E-state index in [1.54, 1.807) is 27.7 Å². The zero-order chi connectivity index (χ0) is 41.5. The van der Waals surface area contributed by atoms with Crippen LogP contribution in [0, 0.1) is 10.8 Å². The molecule has 18 heteroatoms. The van der Waals surface area contributed by atoms with E-state index in [1.165, 1.54) is 21.6 Å². The highest BCUT2D eigenvalue weighted by atomic mass is 33.1. The maximum Gasteiger partial charge on any atom is 0.306 e. The van der Waals surface area contributed by atoms with E-state index in [2.05, 4.69) is 50.5 Å². The molecular formula is C36H62O12S6. The number of hydrogen-bond donors (Lipinski definition) is 4. The fourth-order valence-electron chi connectivity index (χ4n) is 4.31. The summed E-state index contributed by atoms with van der Waals surface area (Å²) in [5.41, 5.74) is -1.87. The molecule has 0 N–H and O–H groups in total. The van der Waals surface area contributed by atoms with Crippen LogP contribution in [0.3, 0.4) is 0 Å². The van der Waals surface area contributed by atoms with E-state index in [9.17, 15) is 28.8 Å². The second-order valence-electron chi connectivity index (χ2n) is 14.1. The highest BCUT2D eigenvalue weighted by Crippen LogP contribution is 2.35. The monoisotopic (exact) mass is 878 g/mol. The van der Waals surface area contributed by atoms with Crippen LogP contribution >= 0.6 is 72.1 Å². The molecule has 6 atom stereocenters. The zero-order valence-corrected chi connectivity index (χ0v) is 38.1. The minimum atomic E-state index is -0.935. The van der Waals surface area contributed by atoms with Crippen LogP contribution in [0.1, 0.15) is 107 Å². The molecule has 0 bridgehead atoms. The molecule has 0 aromatic carbocycles. The molecule has 0 aliphatic rings. The molecule has 12 nitrogen and oxygen atoms in total. The summed E-state index contributed by atoms with van der Waals surface area (Å²) < 4.78 is 33.1. The summed E-state index contributed by atoms with van der Waals surface area (Å²) in [6.07, 6.45) is 1.34. The Balaban J connectivity index is 5.19. The molecule has 0 aromatic rings. The number of carbonyl (C=O) groups excluding carboxylic acids is 6. The van der Waals surface area contributed by atoms with Gasteiger partial charge in [0.1, 0.15) is 39.6 Å². The van der Waals surface area contributed by atoms with E-state index in [0.717, 1.165) is 0 Å². The van der Waals surface area contributed by atoms with Gasteiger partial charge in [0, 0.05) is 31.5 Å². The molecule has 54 heavy (non-hydrogen) atoms. The Bertz CT molecular complexity index is 1030. The van der Waals surface area contributed by atoms with Crippen molar-refractivity contribution in [3.8, 4) is 0 Å². The summed E-state index contributed by atoms with van der Waals surface area (Å²) in [4.78, 5) is 74.8. The topological polar surface area (TPSA) is 158 Å². The van der Waals surface area contributed by atoms with Gasteiger partial charge in [-0.2, -0.15) is 50.5 Å².